The highest BCUT2D eigenvalue weighted by atomic mass is 35.5. The zero-order valence-electron chi connectivity index (χ0n) is 33.8. The van der Waals surface area contributed by atoms with Crippen LogP contribution in [0.3, 0.4) is 0 Å². The molecule has 62 heavy (non-hydrogen) atoms. The first kappa shape index (κ1) is 49.1. The molecule has 2 saturated heterocycles. The first-order valence-corrected chi connectivity index (χ1v) is 18.7. The van der Waals surface area contributed by atoms with Crippen LogP contribution in [0.15, 0.2) is 37.2 Å². The number of ether oxygens (including phenoxy) is 3. The van der Waals surface area contributed by atoms with Gasteiger partial charge < -0.3 is 19.5 Å². The minimum absolute atomic E-state index is 0. The summed E-state index contributed by atoms with van der Waals surface area (Å²) in [5.41, 5.74) is -1.97. The van der Waals surface area contributed by atoms with Crippen molar-refractivity contribution in [2.45, 2.75) is 102 Å². The second-order valence-corrected chi connectivity index (χ2v) is 14.9. The third-order valence-electron chi connectivity index (χ3n) is 9.21. The van der Waals surface area contributed by atoms with Crippen LogP contribution in [0.5, 0.6) is 11.8 Å². The van der Waals surface area contributed by atoms with Crippen molar-refractivity contribution in [1.29, 1.82) is 0 Å². The Kier molecular flexibility index (Phi) is 15.9. The highest BCUT2D eigenvalue weighted by molar-refractivity contribution is 5.88. The zero-order valence-corrected chi connectivity index (χ0v) is 34.7. The van der Waals surface area contributed by atoms with Crippen LogP contribution < -0.4 is 14.8 Å². The SMILES string of the molecule is COc1nn(-c2cnc(C(F)(F)F)cn2)cc1CCC(=O)[C@@H]1C[C@@H](F)CN1.COc1nn(-c2cnc(C(F)(F)F)cn2)cc1CCC(=O)[C@@H]1C[C@@H](F)CN1C(=O)OC(C)(C)C.Cl. The molecule has 2 aliphatic heterocycles. The van der Waals surface area contributed by atoms with Crippen molar-refractivity contribution >= 4 is 30.1 Å². The van der Waals surface area contributed by atoms with Gasteiger partial charge in [-0.2, -0.15) is 26.3 Å². The van der Waals surface area contributed by atoms with Gasteiger partial charge in [0.1, 0.15) is 23.7 Å². The number of carbonyl (C=O) groups is 3. The highest BCUT2D eigenvalue weighted by Gasteiger charge is 2.41. The number of nitrogens with one attached hydrogen (secondary N) is 1. The minimum Gasteiger partial charge on any atom is -0.480 e. The van der Waals surface area contributed by atoms with Crippen molar-refractivity contribution in [2.75, 3.05) is 27.3 Å². The van der Waals surface area contributed by atoms with E-state index in [0.29, 0.717) is 29.9 Å². The molecule has 1 amide bonds. The summed E-state index contributed by atoms with van der Waals surface area (Å²) >= 11 is 0. The summed E-state index contributed by atoms with van der Waals surface area (Å²) in [5.74, 6) is 0.0163. The van der Waals surface area contributed by atoms with E-state index in [4.69, 9.17) is 14.2 Å². The minimum atomic E-state index is -4.62. The number of methoxy groups -OCH3 is 2. The van der Waals surface area contributed by atoms with Crippen LogP contribution in [0, 0.1) is 0 Å². The number of halogens is 9. The fourth-order valence-electron chi connectivity index (χ4n) is 6.29. The van der Waals surface area contributed by atoms with E-state index in [1.165, 1.54) is 36.0 Å². The number of ketones is 2. The lowest BCUT2D eigenvalue weighted by Gasteiger charge is -2.27. The van der Waals surface area contributed by atoms with Gasteiger partial charge in [-0.1, -0.05) is 0 Å². The molecule has 6 heterocycles. The highest BCUT2D eigenvalue weighted by Crippen LogP contribution is 2.30. The van der Waals surface area contributed by atoms with Crippen molar-refractivity contribution in [1.82, 2.24) is 49.7 Å². The maximum atomic E-state index is 14.0. The molecule has 0 aliphatic carbocycles. The molecule has 0 bridgehead atoms. The lowest BCUT2D eigenvalue weighted by molar-refractivity contribution is -0.142. The first-order chi connectivity index (χ1) is 28.6. The molecule has 6 rings (SSSR count). The van der Waals surface area contributed by atoms with E-state index < -0.39 is 59.9 Å². The molecule has 16 nitrogen and oxygen atoms in total. The largest absolute Gasteiger partial charge is 0.480 e. The summed E-state index contributed by atoms with van der Waals surface area (Å²) in [6.07, 6.45) is -5.65. The smallest absolute Gasteiger partial charge is 0.434 e. The van der Waals surface area contributed by atoms with E-state index >= 15 is 0 Å². The van der Waals surface area contributed by atoms with Gasteiger partial charge in [-0.05, 0) is 33.6 Å². The molecule has 0 radical (unpaired) electrons. The Morgan fingerprint density at radius 1 is 0.726 bits per heavy atom. The first-order valence-electron chi connectivity index (χ1n) is 18.7. The molecule has 2 aliphatic rings. The van der Waals surface area contributed by atoms with E-state index in [2.05, 4.69) is 35.5 Å². The average molecular weight is 911 g/mol. The van der Waals surface area contributed by atoms with Crippen molar-refractivity contribution in [3.05, 3.63) is 59.7 Å². The topological polar surface area (TPSA) is 181 Å². The van der Waals surface area contributed by atoms with Gasteiger partial charge in [-0.3, -0.25) is 14.5 Å². The van der Waals surface area contributed by atoms with E-state index in [0.717, 1.165) is 17.3 Å². The lowest BCUT2D eigenvalue weighted by Crippen LogP contribution is -2.43. The monoisotopic (exact) mass is 910 g/mol. The molecule has 4 atom stereocenters. The van der Waals surface area contributed by atoms with Crippen molar-refractivity contribution in [3.8, 4) is 23.4 Å². The van der Waals surface area contributed by atoms with Crippen LogP contribution in [-0.4, -0.2) is 119 Å². The van der Waals surface area contributed by atoms with Crippen LogP contribution >= 0.6 is 12.4 Å². The summed E-state index contributed by atoms with van der Waals surface area (Å²) in [6.45, 7) is 4.98. The van der Waals surface area contributed by atoms with Crippen LogP contribution in [0.2, 0.25) is 0 Å². The molecule has 25 heteroatoms. The summed E-state index contributed by atoms with van der Waals surface area (Å²) < 4.78 is 121. The Labute approximate surface area is 355 Å². The molecule has 1 N–H and O–H groups in total. The molecule has 0 aromatic carbocycles. The fourth-order valence-corrected chi connectivity index (χ4v) is 6.29. The number of amides is 1. The maximum Gasteiger partial charge on any atom is 0.434 e. The molecule has 0 unspecified atom stereocenters. The molecule has 4 aromatic heterocycles. The number of aromatic nitrogens is 8. The van der Waals surface area contributed by atoms with E-state index in [9.17, 15) is 49.5 Å². The van der Waals surface area contributed by atoms with Crippen molar-refractivity contribution < 1.29 is 63.7 Å². The summed E-state index contributed by atoms with van der Waals surface area (Å²) in [6, 6.07) is -1.45. The molecule has 4 aromatic rings. The number of alkyl halides is 8. The third kappa shape index (κ3) is 12.8. The van der Waals surface area contributed by atoms with E-state index in [1.54, 1.807) is 20.8 Å². The Morgan fingerprint density at radius 3 is 1.60 bits per heavy atom. The predicted octanol–water partition coefficient (Wildman–Crippen LogP) is 5.85. The number of likely N-dealkylation sites (tertiary alicyclic amines) is 1. The van der Waals surface area contributed by atoms with Gasteiger partial charge in [-0.15, -0.1) is 22.6 Å². The molecule has 340 valence electrons. The van der Waals surface area contributed by atoms with Gasteiger partial charge in [0, 0.05) is 55.7 Å². The number of aryl methyl sites for hydroxylation is 2. The quantitative estimate of drug-likeness (QED) is 0.167. The number of Topliss-reactive ketones (excluding diaryl/α,β-unsaturated/α-hetero) is 2. The summed E-state index contributed by atoms with van der Waals surface area (Å²) in [7, 11) is 2.74. The van der Waals surface area contributed by atoms with Crippen LogP contribution in [-0.2, 0) is 39.5 Å². The second kappa shape index (κ2) is 20.1. The number of hydrogen-bond donors (Lipinski definition) is 1. The average Bonchev–Trinajstić information content (AvgIpc) is 4.01. The zero-order chi connectivity index (χ0) is 44.9. The number of carbonyl (C=O) groups excluding carboxylic acids is 3. The molecular weight excluding hydrogens is 868 g/mol. The number of rotatable bonds is 12. The Morgan fingerprint density at radius 2 is 1.21 bits per heavy atom. The standard InChI is InChI=1S/C21H25F4N5O4.C16H17F4N5O2.ClH/c1-20(2,3)34-19(32)29-11-13(22)7-14(29)15(31)6-5-12-10-30(28-18(12)33-4)17-9-26-16(8-27-17)21(23,24)25;1-27-15-9(2-3-12(26)11-4-10(17)5-21-11)8-25(24-15)14-7-22-13(6-23-14)16(18,19)20;/h8-10,13-14H,5-7,11H2,1-4H3;6-8,10-11,21H,2-5H2,1H3;1H/t13-,14+;10-,11+;/m11./s1. The van der Waals surface area contributed by atoms with E-state index in [1.807, 2.05) is 0 Å². The Hall–Kier alpha value is -5.52. The number of hydrogen-bond acceptors (Lipinski definition) is 13. The van der Waals surface area contributed by atoms with Crippen LogP contribution in [0.4, 0.5) is 39.9 Å². The van der Waals surface area contributed by atoms with Crippen LogP contribution in [0.1, 0.15) is 69.0 Å². The summed E-state index contributed by atoms with van der Waals surface area (Å²) in [5, 5.41) is 11.1. The second-order valence-electron chi connectivity index (χ2n) is 14.9. The van der Waals surface area contributed by atoms with Gasteiger partial charge in [0.2, 0.25) is 11.8 Å². The number of nitrogens with zero attached hydrogens (tertiary/aromatic N) is 9. The molecule has 2 fully saturated rings. The van der Waals surface area contributed by atoms with Gasteiger partial charge in [-0.25, -0.2) is 42.9 Å². The van der Waals surface area contributed by atoms with Crippen LogP contribution in [0.25, 0.3) is 11.6 Å². The molecule has 0 saturated carbocycles. The van der Waals surface area contributed by atoms with E-state index in [-0.39, 0.29) is 92.6 Å². The van der Waals surface area contributed by atoms with Gasteiger partial charge in [0.25, 0.3) is 0 Å². The Balaban J connectivity index is 0.000000275. The lowest BCUT2D eigenvalue weighted by atomic mass is 10.0. The normalized spacial score (nSPS) is 19.0. The third-order valence-corrected chi connectivity index (χ3v) is 9.21. The summed E-state index contributed by atoms with van der Waals surface area (Å²) in [4.78, 5) is 52.6. The van der Waals surface area contributed by atoms with Gasteiger partial charge in [0.15, 0.2) is 28.8 Å². The molecular formula is C37H43ClF8N10O6. The van der Waals surface area contributed by atoms with Crippen molar-refractivity contribution in [2.24, 2.45) is 0 Å². The van der Waals surface area contributed by atoms with Crippen molar-refractivity contribution in [3.63, 3.8) is 0 Å². The molecule has 0 spiro atoms. The Bertz CT molecular complexity index is 2150. The van der Waals surface area contributed by atoms with Gasteiger partial charge in [0.05, 0.1) is 57.6 Å². The predicted molar refractivity (Wildman–Crippen MR) is 203 cm³/mol. The maximum absolute atomic E-state index is 14.0. The fraction of sp³-hybridized carbons (Fsp3) is 0.541. The van der Waals surface area contributed by atoms with Gasteiger partial charge >= 0.3 is 18.4 Å².